The lowest BCUT2D eigenvalue weighted by atomic mass is 10.0. The van der Waals surface area contributed by atoms with Crippen LogP contribution in [0, 0.1) is 11.3 Å². The molecule has 43 heavy (non-hydrogen) atoms. The summed E-state index contributed by atoms with van der Waals surface area (Å²) in [5.74, 6) is -2.98. The molecule has 3 heterocycles. The van der Waals surface area contributed by atoms with Gasteiger partial charge in [0.15, 0.2) is 0 Å². The first-order valence-corrected chi connectivity index (χ1v) is 12.7. The highest BCUT2D eigenvalue weighted by atomic mass is 19.4. The Morgan fingerprint density at radius 2 is 1.86 bits per heavy atom. The number of H-pyrrole nitrogens is 1. The molecule has 0 spiro atoms. The Kier molecular flexibility index (Phi) is 9.05. The molecule has 14 heteroatoms. The molecule has 0 bridgehead atoms. The highest BCUT2D eigenvalue weighted by molar-refractivity contribution is 6.04. The highest BCUT2D eigenvalue weighted by Gasteiger charge is 2.38. The van der Waals surface area contributed by atoms with Crippen molar-refractivity contribution >= 4 is 34.3 Å². The quantitative estimate of drug-likeness (QED) is 0.232. The molecule has 3 N–H and O–H groups in total. The molecule has 5 aromatic rings. The Morgan fingerprint density at radius 3 is 2.51 bits per heavy atom. The van der Waals surface area contributed by atoms with Gasteiger partial charge in [0.25, 0.3) is 5.91 Å². The second-order valence-electron chi connectivity index (χ2n) is 9.37. The maximum absolute atomic E-state index is 13.0. The number of nitrogens with one attached hydrogen (secondary N) is 2. The number of hydrogen-bond acceptors (Lipinski definition) is 7. The van der Waals surface area contributed by atoms with E-state index in [1.165, 1.54) is 6.33 Å². The third-order valence-corrected chi connectivity index (χ3v) is 6.25. The monoisotopic (exact) mass is 590 g/mol. The molecular weight excluding hydrogens is 565 g/mol. The molecule has 5 rings (SSSR count). The predicted molar refractivity (Wildman–Crippen MR) is 152 cm³/mol. The number of benzene rings is 2. The number of nitrogens with zero attached hydrogens (tertiary/aromatic N) is 6. The van der Waals surface area contributed by atoms with Crippen molar-refractivity contribution in [1.29, 1.82) is 5.26 Å². The van der Waals surface area contributed by atoms with Crippen molar-refractivity contribution in [3.63, 3.8) is 0 Å². The van der Waals surface area contributed by atoms with Gasteiger partial charge in [-0.1, -0.05) is 12.1 Å². The number of carbonyl (C=O) groups is 2. The van der Waals surface area contributed by atoms with Gasteiger partial charge in [0.2, 0.25) is 0 Å². The number of carboxylic acid groups (broad SMARTS) is 1. The Hall–Kier alpha value is -5.71. The summed E-state index contributed by atoms with van der Waals surface area (Å²) in [6, 6.07) is 18.7. The number of alkyl halides is 3. The normalized spacial score (nSPS) is 11.6. The zero-order valence-corrected chi connectivity index (χ0v) is 22.9. The molecule has 0 aliphatic heterocycles. The average molecular weight is 591 g/mol. The van der Waals surface area contributed by atoms with E-state index in [1.54, 1.807) is 16.9 Å². The van der Waals surface area contributed by atoms with E-state index in [1.807, 2.05) is 79.9 Å². The molecule has 1 atom stereocenters. The summed E-state index contributed by atoms with van der Waals surface area (Å²) in [5, 5.41) is 25.0. The van der Waals surface area contributed by atoms with Crippen molar-refractivity contribution in [2.45, 2.75) is 18.6 Å². The Labute approximate surface area is 243 Å². The first-order valence-electron chi connectivity index (χ1n) is 12.7. The number of aromatic nitrogens is 5. The van der Waals surface area contributed by atoms with Gasteiger partial charge in [0.1, 0.15) is 12.0 Å². The van der Waals surface area contributed by atoms with Gasteiger partial charge in [0.05, 0.1) is 30.4 Å². The van der Waals surface area contributed by atoms with Gasteiger partial charge < -0.3 is 20.3 Å². The summed E-state index contributed by atoms with van der Waals surface area (Å²) in [5.41, 5.74) is 5.41. The van der Waals surface area contributed by atoms with Gasteiger partial charge in [-0.05, 0) is 48.0 Å². The third-order valence-electron chi connectivity index (χ3n) is 6.25. The minimum atomic E-state index is -5.08. The Bertz CT molecular complexity index is 1770. The second kappa shape index (κ2) is 12.9. The molecule has 220 valence electrons. The van der Waals surface area contributed by atoms with Crippen LogP contribution in [0.5, 0.6) is 0 Å². The van der Waals surface area contributed by atoms with Gasteiger partial charge in [-0.2, -0.15) is 23.5 Å². The van der Waals surface area contributed by atoms with E-state index in [-0.39, 0.29) is 18.4 Å². The predicted octanol–water partition coefficient (Wildman–Crippen LogP) is 5.28. The number of anilines is 2. The smallest absolute Gasteiger partial charge is 0.475 e. The van der Waals surface area contributed by atoms with Crippen molar-refractivity contribution in [2.75, 3.05) is 24.3 Å². The zero-order valence-electron chi connectivity index (χ0n) is 22.9. The fourth-order valence-electron chi connectivity index (χ4n) is 4.12. The van der Waals surface area contributed by atoms with Crippen LogP contribution in [-0.4, -0.2) is 62.0 Å². The highest BCUT2D eigenvalue weighted by Crippen LogP contribution is 2.28. The van der Waals surface area contributed by atoms with Gasteiger partial charge in [0, 0.05) is 54.4 Å². The standard InChI is InChI=1S/C27H24N8O.C2HF3O2/c1-34(2)22-8-6-21(7-9-22)33-27(36)19-5-3-4-18(14-19)24(10-12-28)35-16-20(15-32-35)25-23-11-13-29-26(23)31-17-30-25;3-2(4,5)1(6)7/h3-9,11,13-17,24H,10H2,1-2H3,(H,33,36)(H,29,30,31);(H,6,7). The number of carboxylic acids is 1. The topological polar surface area (TPSA) is 153 Å². The van der Waals surface area contributed by atoms with E-state index in [2.05, 4.69) is 31.4 Å². The molecule has 0 fully saturated rings. The minimum absolute atomic E-state index is 0.196. The van der Waals surface area contributed by atoms with E-state index in [0.717, 1.165) is 33.5 Å². The minimum Gasteiger partial charge on any atom is -0.475 e. The van der Waals surface area contributed by atoms with Crippen LogP contribution in [0.2, 0.25) is 0 Å². The zero-order chi connectivity index (χ0) is 31.1. The van der Waals surface area contributed by atoms with Crippen LogP contribution in [0.4, 0.5) is 24.5 Å². The maximum Gasteiger partial charge on any atom is 0.490 e. The number of halogens is 3. The van der Waals surface area contributed by atoms with E-state index >= 15 is 0 Å². The molecule has 3 aromatic heterocycles. The number of rotatable bonds is 7. The number of amides is 1. The van der Waals surface area contributed by atoms with E-state index in [4.69, 9.17) is 9.90 Å². The van der Waals surface area contributed by atoms with Crippen LogP contribution in [0.3, 0.4) is 0 Å². The summed E-state index contributed by atoms with van der Waals surface area (Å²) in [6.45, 7) is 0. The molecule has 1 amide bonds. The fourth-order valence-corrected chi connectivity index (χ4v) is 4.12. The van der Waals surface area contributed by atoms with Crippen LogP contribution in [0.25, 0.3) is 22.3 Å². The lowest BCUT2D eigenvalue weighted by molar-refractivity contribution is -0.192. The summed E-state index contributed by atoms with van der Waals surface area (Å²) >= 11 is 0. The maximum atomic E-state index is 13.0. The molecule has 0 aliphatic carbocycles. The molecule has 0 saturated carbocycles. The number of hydrogen-bond donors (Lipinski definition) is 3. The summed E-state index contributed by atoms with van der Waals surface area (Å²) in [4.78, 5) is 35.6. The molecule has 2 aromatic carbocycles. The molecule has 0 radical (unpaired) electrons. The SMILES string of the molecule is CN(C)c1ccc(NC(=O)c2cccc(C(CC#N)n3cc(-c4ncnc5[nH]ccc45)cn3)c2)cc1.O=C(O)C(F)(F)F. The number of nitriles is 1. The van der Waals surface area contributed by atoms with Crippen LogP contribution < -0.4 is 10.2 Å². The number of fused-ring (bicyclic) bond motifs is 1. The number of aliphatic carboxylic acids is 1. The molecule has 1 unspecified atom stereocenters. The van der Waals surface area contributed by atoms with Crippen molar-refractivity contribution in [1.82, 2.24) is 24.7 Å². The van der Waals surface area contributed by atoms with Gasteiger partial charge >= 0.3 is 12.1 Å². The Morgan fingerprint density at radius 1 is 1.14 bits per heavy atom. The van der Waals surface area contributed by atoms with Crippen LogP contribution in [-0.2, 0) is 4.79 Å². The van der Waals surface area contributed by atoms with Gasteiger partial charge in [-0.3, -0.25) is 9.48 Å². The molecule has 11 nitrogen and oxygen atoms in total. The van der Waals surface area contributed by atoms with Gasteiger partial charge in [-0.15, -0.1) is 0 Å². The van der Waals surface area contributed by atoms with Crippen LogP contribution in [0.1, 0.15) is 28.4 Å². The summed E-state index contributed by atoms with van der Waals surface area (Å²) < 4.78 is 33.5. The number of aromatic amines is 1. The molecule has 0 aliphatic rings. The molecular formula is C29H25F3N8O3. The molecule has 0 saturated heterocycles. The number of carbonyl (C=O) groups excluding carboxylic acids is 1. The lowest BCUT2D eigenvalue weighted by Crippen LogP contribution is -2.21. The van der Waals surface area contributed by atoms with Crippen molar-refractivity contribution in [3.8, 4) is 17.3 Å². The van der Waals surface area contributed by atoms with E-state index < -0.39 is 12.1 Å². The third kappa shape index (κ3) is 7.33. The van der Waals surface area contributed by atoms with Crippen LogP contribution in [0.15, 0.2) is 79.5 Å². The Balaban J connectivity index is 0.000000541. The fraction of sp³-hybridized carbons (Fsp3) is 0.172. The summed E-state index contributed by atoms with van der Waals surface area (Å²) in [6.07, 6.45) is 2.04. The van der Waals surface area contributed by atoms with E-state index in [0.29, 0.717) is 11.3 Å². The first-order chi connectivity index (χ1) is 20.5. The second-order valence-corrected chi connectivity index (χ2v) is 9.37. The van der Waals surface area contributed by atoms with Crippen molar-refractivity contribution in [2.24, 2.45) is 0 Å². The van der Waals surface area contributed by atoms with Crippen LogP contribution >= 0.6 is 0 Å². The van der Waals surface area contributed by atoms with Gasteiger partial charge in [-0.25, -0.2) is 14.8 Å². The van der Waals surface area contributed by atoms with Crippen molar-refractivity contribution in [3.05, 3.63) is 90.6 Å². The summed E-state index contributed by atoms with van der Waals surface area (Å²) in [7, 11) is 3.93. The lowest BCUT2D eigenvalue weighted by Gasteiger charge is -2.16. The first kappa shape index (κ1) is 30.3. The largest absolute Gasteiger partial charge is 0.490 e. The van der Waals surface area contributed by atoms with Crippen molar-refractivity contribution < 1.29 is 27.9 Å². The van der Waals surface area contributed by atoms with E-state index in [9.17, 15) is 23.2 Å². The average Bonchev–Trinajstić information content (AvgIpc) is 3.66.